The maximum Gasteiger partial charge on any atom is 0.164 e. The molecule has 0 N–H and O–H groups in total. The largest absolute Gasteiger partial charge is 0.458 e. The van der Waals surface area contributed by atoms with E-state index in [1.54, 1.807) is 0 Å². The summed E-state index contributed by atoms with van der Waals surface area (Å²) in [5.41, 5.74) is 11.0. The van der Waals surface area contributed by atoms with Gasteiger partial charge in [-0.1, -0.05) is 152 Å². The summed E-state index contributed by atoms with van der Waals surface area (Å²) < 4.78 is 14.6. The van der Waals surface area contributed by atoms with Gasteiger partial charge in [-0.2, -0.15) is 0 Å². The maximum atomic E-state index is 7.31. The molecule has 1 aliphatic heterocycles. The van der Waals surface area contributed by atoms with E-state index >= 15 is 0 Å². The molecular formula is C50H30N4O2. The molecule has 6 heteroatoms. The number of ether oxygens (including phenoxy) is 1. The van der Waals surface area contributed by atoms with Crippen molar-refractivity contribution in [2.75, 3.05) is 4.90 Å². The Labute approximate surface area is 322 Å². The van der Waals surface area contributed by atoms with Crippen LogP contribution in [-0.2, 0) is 5.41 Å². The number of furan rings is 1. The lowest BCUT2D eigenvalue weighted by Gasteiger charge is -2.36. The van der Waals surface area contributed by atoms with E-state index < -0.39 is 5.41 Å². The van der Waals surface area contributed by atoms with Gasteiger partial charge in [-0.05, 0) is 52.6 Å². The number of hydrogen-bond acceptors (Lipinski definition) is 6. The van der Waals surface area contributed by atoms with Crippen LogP contribution in [0.4, 0.5) is 11.4 Å². The fourth-order valence-corrected chi connectivity index (χ4v) is 9.01. The molecule has 0 fully saturated rings. The zero-order valence-electron chi connectivity index (χ0n) is 29.9. The third-order valence-corrected chi connectivity index (χ3v) is 11.3. The number of rotatable bonds is 4. The number of allylic oxidation sites excluding steroid dienone is 1. The van der Waals surface area contributed by atoms with Crippen LogP contribution in [-0.4, -0.2) is 15.0 Å². The molecule has 0 saturated heterocycles. The fourth-order valence-electron chi connectivity index (χ4n) is 9.01. The van der Waals surface area contributed by atoms with Crippen molar-refractivity contribution < 1.29 is 9.15 Å². The second kappa shape index (κ2) is 11.7. The molecule has 262 valence electrons. The van der Waals surface area contributed by atoms with E-state index in [0.29, 0.717) is 17.5 Å². The lowest BCUT2D eigenvalue weighted by atomic mass is 9.76. The van der Waals surface area contributed by atoms with Gasteiger partial charge in [0.25, 0.3) is 0 Å². The zero-order valence-corrected chi connectivity index (χ0v) is 29.9. The molecule has 0 atom stereocenters. The first-order valence-corrected chi connectivity index (χ1v) is 18.8. The Bertz CT molecular complexity index is 2960. The van der Waals surface area contributed by atoms with Gasteiger partial charge < -0.3 is 14.1 Å². The summed E-state index contributed by atoms with van der Waals surface area (Å²) in [6, 6.07) is 62.5. The van der Waals surface area contributed by atoms with Crippen LogP contribution in [0.25, 0.3) is 62.0 Å². The summed E-state index contributed by atoms with van der Waals surface area (Å²) >= 11 is 0. The van der Waals surface area contributed by atoms with Crippen LogP contribution in [0.15, 0.2) is 192 Å². The topological polar surface area (TPSA) is 64.3 Å². The molecule has 9 aromatic rings. The lowest BCUT2D eigenvalue weighted by Crippen LogP contribution is -2.32. The number of anilines is 2. The molecule has 3 heterocycles. The Kier molecular flexibility index (Phi) is 6.45. The highest BCUT2D eigenvalue weighted by atomic mass is 16.5. The van der Waals surface area contributed by atoms with Gasteiger partial charge >= 0.3 is 0 Å². The molecular weight excluding hydrogens is 689 g/mol. The highest BCUT2D eigenvalue weighted by Crippen LogP contribution is 2.67. The SMILES string of the molecule is c1ccc(-c2nc(-c3ccccc3)nc(-c3cccc4oc5c(c34)C3=C(Oc4ccccc4N3c3ccccc3)C53c4ccccc4-c4ccccc43)n2)cc1. The van der Waals surface area contributed by atoms with Crippen molar-refractivity contribution >= 4 is 28.0 Å². The van der Waals surface area contributed by atoms with Crippen molar-refractivity contribution in [3.8, 4) is 51.0 Å². The third kappa shape index (κ3) is 4.18. The van der Waals surface area contributed by atoms with E-state index in [4.69, 9.17) is 24.1 Å². The number of aromatic nitrogens is 3. The highest BCUT2D eigenvalue weighted by molar-refractivity contribution is 6.11. The molecule has 2 aromatic heterocycles. The van der Waals surface area contributed by atoms with Crippen molar-refractivity contribution in [1.29, 1.82) is 0 Å². The van der Waals surface area contributed by atoms with Crippen LogP contribution < -0.4 is 9.64 Å². The Morgan fingerprint density at radius 1 is 0.464 bits per heavy atom. The van der Waals surface area contributed by atoms with E-state index in [9.17, 15) is 0 Å². The average Bonchev–Trinajstić information content (AvgIpc) is 3.90. The summed E-state index contributed by atoms with van der Waals surface area (Å²) in [6.45, 7) is 0. The number of para-hydroxylation sites is 3. The van der Waals surface area contributed by atoms with E-state index in [1.807, 2.05) is 72.8 Å². The van der Waals surface area contributed by atoms with Crippen LogP contribution in [0.2, 0.25) is 0 Å². The van der Waals surface area contributed by atoms with Crippen LogP contribution in [0.3, 0.4) is 0 Å². The quantitative estimate of drug-likeness (QED) is 0.180. The van der Waals surface area contributed by atoms with Crippen molar-refractivity contribution in [3.63, 3.8) is 0 Å². The summed E-state index contributed by atoms with van der Waals surface area (Å²) in [5, 5.41) is 0.918. The molecule has 0 amide bonds. The van der Waals surface area contributed by atoms with Crippen molar-refractivity contribution in [1.82, 2.24) is 15.0 Å². The van der Waals surface area contributed by atoms with Gasteiger partial charge in [-0.25, -0.2) is 15.0 Å². The van der Waals surface area contributed by atoms with Crippen molar-refractivity contribution in [3.05, 3.63) is 210 Å². The Morgan fingerprint density at radius 2 is 1.00 bits per heavy atom. The molecule has 1 spiro atoms. The summed E-state index contributed by atoms with van der Waals surface area (Å²) in [6.07, 6.45) is 0. The molecule has 0 unspecified atom stereocenters. The first-order chi connectivity index (χ1) is 27.8. The Morgan fingerprint density at radius 3 is 1.66 bits per heavy atom. The predicted molar refractivity (Wildman–Crippen MR) is 220 cm³/mol. The molecule has 3 aliphatic rings. The van der Waals surface area contributed by atoms with Crippen LogP contribution in [0, 0.1) is 0 Å². The van der Waals surface area contributed by atoms with E-state index in [2.05, 4.69) is 114 Å². The summed E-state index contributed by atoms with van der Waals surface area (Å²) in [4.78, 5) is 17.8. The first-order valence-electron chi connectivity index (χ1n) is 18.8. The van der Waals surface area contributed by atoms with Gasteiger partial charge in [0.1, 0.15) is 16.8 Å². The van der Waals surface area contributed by atoms with Crippen LogP contribution in [0.1, 0.15) is 22.5 Å². The van der Waals surface area contributed by atoms with Gasteiger partial charge in [-0.15, -0.1) is 0 Å². The van der Waals surface area contributed by atoms with Gasteiger partial charge in [0.05, 0.1) is 16.9 Å². The second-order valence-corrected chi connectivity index (χ2v) is 14.3. The van der Waals surface area contributed by atoms with Gasteiger partial charge in [0.15, 0.2) is 29.0 Å². The maximum absolute atomic E-state index is 7.31. The lowest BCUT2D eigenvalue weighted by molar-refractivity contribution is 0.346. The fraction of sp³-hybridized carbons (Fsp3) is 0.0200. The number of benzene rings is 7. The van der Waals surface area contributed by atoms with Crippen LogP contribution >= 0.6 is 0 Å². The molecule has 2 aliphatic carbocycles. The molecule has 0 radical (unpaired) electrons. The van der Waals surface area contributed by atoms with E-state index in [1.165, 1.54) is 0 Å². The summed E-state index contributed by atoms with van der Waals surface area (Å²) in [7, 11) is 0. The first kappa shape index (κ1) is 30.8. The minimum Gasteiger partial charge on any atom is -0.458 e. The normalized spacial score (nSPS) is 14.2. The van der Waals surface area contributed by atoms with Crippen molar-refractivity contribution in [2.45, 2.75) is 5.41 Å². The predicted octanol–water partition coefficient (Wildman–Crippen LogP) is 11.8. The number of hydrogen-bond donors (Lipinski definition) is 0. The molecule has 56 heavy (non-hydrogen) atoms. The summed E-state index contributed by atoms with van der Waals surface area (Å²) in [5.74, 6) is 4.17. The minimum absolute atomic E-state index is 0.561. The average molecular weight is 719 g/mol. The number of nitrogens with zero attached hydrogens (tertiary/aromatic N) is 4. The monoisotopic (exact) mass is 718 g/mol. The Hall–Kier alpha value is -7.57. The smallest absolute Gasteiger partial charge is 0.164 e. The van der Waals surface area contributed by atoms with Crippen molar-refractivity contribution in [2.24, 2.45) is 0 Å². The van der Waals surface area contributed by atoms with Gasteiger partial charge in [-0.3, -0.25) is 0 Å². The molecule has 6 nitrogen and oxygen atoms in total. The standard InChI is InChI=1S/C50H30N4O2/c1-4-17-31(18-5-1)47-51-48(32-19-6-2-7-20-32)53-49(52-47)36-25-16-30-41-42(36)43-44-46(55-40-29-15-14-28-39(40)54(44)33-21-8-3-9-22-33)50(45(43)56-41)37-26-12-10-23-34(37)35-24-11-13-27-38(35)50/h1-30H. The molecule has 7 aromatic carbocycles. The number of fused-ring (bicyclic) bond motifs is 12. The Balaban J connectivity index is 1.22. The minimum atomic E-state index is -0.877. The second-order valence-electron chi connectivity index (χ2n) is 14.3. The van der Waals surface area contributed by atoms with Gasteiger partial charge in [0.2, 0.25) is 0 Å². The van der Waals surface area contributed by atoms with Gasteiger partial charge in [0, 0.05) is 27.8 Å². The third-order valence-electron chi connectivity index (χ3n) is 11.3. The highest BCUT2D eigenvalue weighted by Gasteiger charge is 2.60. The molecule has 0 saturated carbocycles. The van der Waals surface area contributed by atoms with Crippen LogP contribution in [0.5, 0.6) is 5.75 Å². The van der Waals surface area contributed by atoms with E-state index in [-0.39, 0.29) is 0 Å². The molecule has 12 rings (SSSR count). The zero-order chi connectivity index (χ0) is 36.8. The van der Waals surface area contributed by atoms with E-state index in [0.717, 1.165) is 89.8 Å². The molecule has 0 bridgehead atoms.